The van der Waals surface area contributed by atoms with Gasteiger partial charge < -0.3 is 125 Å². The molecule has 0 spiro atoms. The Labute approximate surface area is 450 Å². The van der Waals surface area contributed by atoms with Crippen LogP contribution >= 0.6 is 70.4 Å². The molecular formula is C16H24B3O38P9VW3-12. The van der Waals surface area contributed by atoms with E-state index in [1.165, 1.54) is 0 Å². The Hall–Kier alpha value is 3.75. The first-order valence-electron chi connectivity index (χ1n) is 16.0. The van der Waals surface area contributed by atoms with Crippen LogP contribution in [0.15, 0.2) is 0 Å². The van der Waals surface area contributed by atoms with E-state index in [0.717, 1.165) is 0 Å². The minimum absolute atomic E-state index is 0. The summed E-state index contributed by atoms with van der Waals surface area (Å²) in [5, 5.41) is 37.8. The number of ether oxygens (including phenoxy) is 4. The van der Waals surface area contributed by atoms with Crippen molar-refractivity contribution in [2.75, 3.05) is 26.4 Å². The molecule has 0 aromatic heterocycles. The molecule has 4 heterocycles. The normalized spacial score (nSPS) is 33.6. The van der Waals surface area contributed by atoms with Gasteiger partial charge in [-0.05, 0) is 6.42 Å². The van der Waals surface area contributed by atoms with Gasteiger partial charge in [-0.2, -0.15) is 0 Å². The first-order valence-corrected chi connectivity index (χ1v) is 29.2. The number of hydrogen-bond acceptors (Lipinski definition) is 38. The summed E-state index contributed by atoms with van der Waals surface area (Å²) in [5.41, 5.74) is -1.67. The zero-order valence-corrected chi connectivity index (χ0v) is 51.2. The summed E-state index contributed by atoms with van der Waals surface area (Å²) in [4.78, 5) is 127. The Morgan fingerprint density at radius 1 is 0.514 bits per heavy atom. The maximum Gasteiger partial charge on any atom is 0.278 e. The van der Waals surface area contributed by atoms with E-state index in [9.17, 15) is 120 Å². The zero-order valence-electron chi connectivity index (χ0n) is 32.9. The second-order valence-electron chi connectivity index (χ2n) is 12.4. The molecule has 0 aromatic rings. The largest absolute Gasteiger partial charge is 0.790 e. The summed E-state index contributed by atoms with van der Waals surface area (Å²) in [6.45, 7) is -3.10. The topological polar surface area (TPSA) is 631 Å². The predicted molar refractivity (Wildman–Crippen MR) is 173 cm³/mol. The second-order valence-corrected chi connectivity index (χ2v) is 25.1. The molecule has 70 heavy (non-hydrogen) atoms. The van der Waals surface area contributed by atoms with Crippen molar-refractivity contribution in [2.45, 2.75) is 72.8 Å². The van der Waals surface area contributed by atoms with Gasteiger partial charge >= 0.3 is 0 Å². The SMILES string of the molecule is [B][C@@H]1O[C@@]2(COP(=O)([O-])OP(=O)([O-])OP(=O)([O-])[O-])CO[C@H]1C2O.[B][C@@H]1O[C@H](COP(=O)([O-])OP(=O)([O-])OP(=O)([O-])[O-])C(O)[C@@H]1O.[B][C@H]1CC(O)[C@@H](COP(=O)([O-])OP(=O)([O-])OP(=O)([O-])[O-])O1.[V].[W].[W].[W]. The van der Waals surface area contributed by atoms with Crippen LogP contribution in [-0.4, -0.2) is 137 Å². The summed E-state index contributed by atoms with van der Waals surface area (Å²) < 4.78 is 148. The third-order valence-electron chi connectivity index (χ3n) is 7.18. The fourth-order valence-corrected chi connectivity index (χ4v) is 13.4. The fraction of sp³-hybridized carbons (Fsp3) is 1.00. The fourth-order valence-electron chi connectivity index (χ4n) is 4.78. The quantitative estimate of drug-likeness (QED) is 0.0612. The monoisotopic (exact) mass is 1740 g/mol. The standard InChI is InChI=1S/C6H12BO13P3.C5H12BO13P3.C5H12BO12P3.V.3W/c7-5-3-4(8)6(18-5,1-16-3)2-17-22(12,13)20-23(14,15)19-21(9,10)11;6-5-4(8)3(7)2(17-5)1-16-21(12,13)19-22(14,15)18-20(9,10)11;6-5-1-3(7)4(16-5)2-15-20(11,12)18-21(13,14)17-19(8,9)10;;;;/h3-5,8H,1-2H2,(H,12,13)(H,14,15)(H2,9,10,11);2-5,7-8H,1H2,(H,12,13)(H,14,15)(H2,9,10,11);3-5,7H,1-2H2,(H,11,12)(H,13,14)(H2,8,9,10);;;;/p-12/t3-,4?,5+,6+;2-,3?,4+,5-;3?,4-,5-;;;;/m011..../s1. The summed E-state index contributed by atoms with van der Waals surface area (Å²) in [6.07, 6.45) is -9.20. The van der Waals surface area contributed by atoms with Crippen molar-refractivity contribution >= 4 is 93.9 Å². The van der Waals surface area contributed by atoms with Crippen LogP contribution in [0.3, 0.4) is 0 Å². The Morgan fingerprint density at radius 3 is 1.17 bits per heavy atom. The van der Waals surface area contributed by atoms with E-state index < -0.39 is 157 Å². The second kappa shape index (κ2) is 30.0. The maximum absolute atomic E-state index is 11.4. The summed E-state index contributed by atoms with van der Waals surface area (Å²) >= 11 is 0. The van der Waals surface area contributed by atoms with Crippen molar-refractivity contribution in [1.82, 2.24) is 0 Å². The Morgan fingerprint density at radius 2 is 0.886 bits per heavy atom. The predicted octanol–water partition coefficient (Wildman–Crippen LogP) is -12.3. The number of phosphoric ester groups is 3. The molecule has 405 valence electrons. The molecule has 17 atom stereocenters. The first kappa shape index (κ1) is 78.0. The van der Waals surface area contributed by atoms with Gasteiger partial charge in [-0.1, -0.05) is 0 Å². The molecule has 0 saturated carbocycles. The summed E-state index contributed by atoms with van der Waals surface area (Å²) in [7, 11) is -37.2. The molecule has 2 bridgehead atoms. The van der Waals surface area contributed by atoms with Gasteiger partial charge in [-0.3, -0.25) is 40.3 Å². The van der Waals surface area contributed by atoms with Gasteiger partial charge in [0.2, 0.25) is 0 Å². The number of fused-ring (bicyclic) bond motifs is 2. The molecule has 4 fully saturated rings. The molecule has 4 saturated heterocycles. The zero-order chi connectivity index (χ0) is 51.5. The van der Waals surface area contributed by atoms with E-state index in [0.29, 0.717) is 0 Å². The third kappa shape index (κ3) is 28.8. The number of aliphatic hydroxyl groups is 4. The van der Waals surface area contributed by atoms with Crippen LogP contribution in [0, 0.1) is 0 Å². The van der Waals surface area contributed by atoms with Gasteiger partial charge in [0.05, 0.1) is 62.1 Å². The molecular weight excluding hydrogens is 1710 g/mol. The average Bonchev–Trinajstić information content (AvgIpc) is 3.70. The van der Waals surface area contributed by atoms with E-state index in [1.54, 1.807) is 0 Å². The molecule has 0 aliphatic carbocycles. The summed E-state index contributed by atoms with van der Waals surface area (Å²) in [6, 6.07) is -3.26. The van der Waals surface area contributed by atoms with Gasteiger partial charge in [0.15, 0.2) is 0 Å². The third-order valence-corrected chi connectivity index (χ3v) is 18.2. The number of hydrogen-bond donors (Lipinski definition) is 4. The maximum atomic E-state index is 11.4. The minimum Gasteiger partial charge on any atom is -0.790 e. The molecule has 54 heteroatoms. The van der Waals surface area contributed by atoms with E-state index in [-0.39, 0.29) is 94.8 Å². The van der Waals surface area contributed by atoms with Crippen LogP contribution in [-0.2, 0) is 181 Å². The molecule has 38 nitrogen and oxygen atoms in total. The molecule has 4 aliphatic rings. The summed E-state index contributed by atoms with van der Waals surface area (Å²) in [5.74, 6) is 0. The van der Waals surface area contributed by atoms with E-state index in [2.05, 4.69) is 39.4 Å². The Bertz CT molecular complexity index is 2120. The van der Waals surface area contributed by atoms with Crippen molar-refractivity contribution in [2.24, 2.45) is 0 Å². The van der Waals surface area contributed by atoms with E-state index >= 15 is 0 Å². The van der Waals surface area contributed by atoms with Gasteiger partial charge in [0.1, 0.15) is 59.7 Å². The minimum atomic E-state index is -6.07. The molecule has 4 rings (SSSR count). The van der Waals surface area contributed by atoms with Crippen molar-refractivity contribution in [3.8, 4) is 0 Å². The van der Waals surface area contributed by atoms with Gasteiger partial charge in [0, 0.05) is 99.8 Å². The first-order chi connectivity index (χ1) is 29.3. The van der Waals surface area contributed by atoms with Gasteiger partial charge in [-0.15, -0.1) is 0 Å². The number of phosphoric acid groups is 9. The molecule has 7 radical (unpaired) electrons. The Balaban J connectivity index is -0.000000936. The Kier molecular flexibility index (Phi) is 33.4. The van der Waals surface area contributed by atoms with Gasteiger partial charge in [-0.25, -0.2) is 12.9 Å². The van der Waals surface area contributed by atoms with E-state index in [1.807, 2.05) is 0 Å². The van der Waals surface area contributed by atoms with Crippen LogP contribution in [0.1, 0.15) is 6.42 Å². The van der Waals surface area contributed by atoms with Crippen LogP contribution in [0.2, 0.25) is 0 Å². The van der Waals surface area contributed by atoms with Crippen molar-refractivity contribution < 1.29 is 260 Å². The van der Waals surface area contributed by atoms with Crippen LogP contribution in [0.4, 0.5) is 0 Å². The number of rotatable bonds is 21. The smallest absolute Gasteiger partial charge is 0.278 e. The van der Waals surface area contributed by atoms with Crippen LogP contribution in [0.5, 0.6) is 0 Å². The van der Waals surface area contributed by atoms with Crippen molar-refractivity contribution in [1.29, 1.82) is 0 Å². The molecule has 0 amide bonds. The van der Waals surface area contributed by atoms with Crippen LogP contribution in [0.25, 0.3) is 0 Å². The molecule has 9 unspecified atom stereocenters. The van der Waals surface area contributed by atoms with Crippen molar-refractivity contribution in [3.63, 3.8) is 0 Å². The molecule has 4 N–H and O–H groups in total. The molecule has 0 aromatic carbocycles. The number of aliphatic hydroxyl groups excluding tert-OH is 4. The van der Waals surface area contributed by atoms with Crippen molar-refractivity contribution in [3.05, 3.63) is 0 Å². The van der Waals surface area contributed by atoms with Gasteiger partial charge in [0.25, 0.3) is 46.9 Å². The molecule has 4 aliphatic heterocycles. The average molecular weight is 1740 g/mol. The van der Waals surface area contributed by atoms with Crippen LogP contribution < -0.4 is 58.7 Å². The van der Waals surface area contributed by atoms with E-state index in [4.69, 9.17) is 42.5 Å².